The van der Waals surface area contributed by atoms with Gasteiger partial charge in [0, 0.05) is 73.9 Å². The van der Waals surface area contributed by atoms with E-state index in [0.717, 1.165) is 73.6 Å². The van der Waals surface area contributed by atoms with Gasteiger partial charge in [-0.05, 0) is 146 Å². The van der Waals surface area contributed by atoms with Gasteiger partial charge in [0.25, 0.3) is 0 Å². The molecule has 1 aliphatic heterocycles. The van der Waals surface area contributed by atoms with E-state index in [1.807, 2.05) is 46.9 Å². The normalized spacial score (nSPS) is 11.6. The van der Waals surface area contributed by atoms with Crippen molar-refractivity contribution in [1.29, 1.82) is 0 Å². The SMILES string of the molecule is c1ccc(N(c2ccccc2)c2ccc(C3=Nc4nc(-c5ccc(N(c6ccccc6)c6ccccc6)cc5)nc5cc(-c6ccc(N(c7ccccc7)c7ccccc7)cc6)nc([n+]45)N3)cc2)cc1. The average Bonchev–Trinajstić information content (AvgIpc) is 3.43. The Labute approximate surface area is 406 Å². The van der Waals surface area contributed by atoms with Crippen LogP contribution in [0.25, 0.3) is 28.3 Å². The van der Waals surface area contributed by atoms with Crippen molar-refractivity contribution < 1.29 is 4.40 Å². The maximum atomic E-state index is 5.25. The van der Waals surface area contributed by atoms with E-state index in [1.165, 1.54) is 0 Å². The minimum Gasteiger partial charge on any atom is -0.311 e. The third-order valence-corrected chi connectivity index (χ3v) is 12.3. The minimum absolute atomic E-state index is 0.470. The molecule has 9 nitrogen and oxygen atoms in total. The number of benzene rings is 9. The standard InChI is InChI=1S/C61H43N9/c1-7-19-47(20-8-1)67(48-21-9-2-10-22-48)53-37-31-44(32-38-53)56-43-57-63-58(45-33-39-54(40-34-45)68(49-23-11-3-12-24-49)50-25-13-4-14-26-50)64-61-66-59(65-60(62-56)70(57)61)46-35-41-55(42-36-46)69(51-27-15-5-16-28-51)52-29-17-6-18-30-52/h1-43H/p+1. The molecule has 0 amide bonds. The van der Waals surface area contributed by atoms with Crippen LogP contribution in [0.3, 0.4) is 0 Å². The average molecular weight is 903 g/mol. The van der Waals surface area contributed by atoms with Crippen molar-refractivity contribution in [2.75, 3.05) is 20.0 Å². The molecule has 0 fully saturated rings. The Kier molecular flexibility index (Phi) is 11.0. The first kappa shape index (κ1) is 41.7. The summed E-state index contributed by atoms with van der Waals surface area (Å²) in [7, 11) is 0. The molecule has 70 heavy (non-hydrogen) atoms. The van der Waals surface area contributed by atoms with Crippen LogP contribution in [0, 0.1) is 0 Å². The molecular formula is C61H44N9+. The summed E-state index contributed by atoms with van der Waals surface area (Å²) < 4.78 is 1.89. The smallest absolute Gasteiger partial charge is 0.311 e. The number of aromatic nitrogens is 4. The maximum absolute atomic E-state index is 5.25. The van der Waals surface area contributed by atoms with Crippen LogP contribution in [-0.2, 0) is 0 Å². The maximum Gasteiger partial charge on any atom is 0.347 e. The summed E-state index contributed by atoms with van der Waals surface area (Å²) in [6, 6.07) is 89.8. The monoisotopic (exact) mass is 902 g/mol. The summed E-state index contributed by atoms with van der Waals surface area (Å²) in [6.07, 6.45) is 0. The highest BCUT2D eigenvalue weighted by Gasteiger charge is 2.28. The topological polar surface area (TPSA) is 76.9 Å². The van der Waals surface area contributed by atoms with E-state index in [4.69, 9.17) is 19.9 Å². The summed E-state index contributed by atoms with van der Waals surface area (Å²) >= 11 is 0. The summed E-state index contributed by atoms with van der Waals surface area (Å²) in [6.45, 7) is 0. The van der Waals surface area contributed by atoms with E-state index in [1.54, 1.807) is 0 Å². The van der Waals surface area contributed by atoms with Crippen LogP contribution >= 0.6 is 0 Å². The summed E-state index contributed by atoms with van der Waals surface area (Å²) in [4.78, 5) is 27.5. The number of nitrogens with one attached hydrogen (secondary N) is 1. The van der Waals surface area contributed by atoms with Gasteiger partial charge < -0.3 is 14.7 Å². The predicted molar refractivity (Wildman–Crippen MR) is 284 cm³/mol. The molecule has 0 radical (unpaired) electrons. The third kappa shape index (κ3) is 8.24. The number of anilines is 10. The zero-order valence-electron chi connectivity index (χ0n) is 37.9. The van der Waals surface area contributed by atoms with Gasteiger partial charge >= 0.3 is 11.9 Å². The molecule has 9 aromatic carbocycles. The molecule has 2 aromatic heterocycles. The van der Waals surface area contributed by atoms with Crippen LogP contribution in [0.4, 0.5) is 63.1 Å². The van der Waals surface area contributed by atoms with Crippen molar-refractivity contribution in [3.05, 3.63) is 266 Å². The predicted octanol–water partition coefficient (Wildman–Crippen LogP) is 14.9. The van der Waals surface area contributed by atoms with Gasteiger partial charge in [-0.3, -0.25) is 5.32 Å². The Bertz CT molecular complexity index is 3460. The number of rotatable bonds is 12. The first-order chi connectivity index (χ1) is 34.7. The van der Waals surface area contributed by atoms with Crippen molar-refractivity contribution in [3.8, 4) is 22.6 Å². The Morgan fingerprint density at radius 3 is 1.01 bits per heavy atom. The van der Waals surface area contributed by atoms with Crippen LogP contribution in [0.15, 0.2) is 266 Å². The van der Waals surface area contributed by atoms with E-state index in [2.05, 4.69) is 238 Å². The number of aliphatic imine (C=N–C) groups is 1. The van der Waals surface area contributed by atoms with Crippen LogP contribution in [-0.4, -0.2) is 20.8 Å². The zero-order valence-corrected chi connectivity index (χ0v) is 37.9. The van der Waals surface area contributed by atoms with Crippen molar-refractivity contribution in [3.63, 3.8) is 0 Å². The van der Waals surface area contributed by atoms with E-state index in [9.17, 15) is 0 Å². The lowest BCUT2D eigenvalue weighted by Gasteiger charge is -2.25. The first-order valence-corrected chi connectivity index (χ1v) is 23.2. The van der Waals surface area contributed by atoms with Gasteiger partial charge in [-0.2, -0.15) is 4.40 Å². The number of nitrogens with zero attached hydrogens (tertiary/aromatic N) is 8. The molecule has 0 saturated carbocycles. The Morgan fingerprint density at radius 1 is 0.314 bits per heavy atom. The van der Waals surface area contributed by atoms with Gasteiger partial charge in [-0.15, -0.1) is 19.9 Å². The lowest BCUT2D eigenvalue weighted by Crippen LogP contribution is -2.37. The second-order valence-corrected chi connectivity index (χ2v) is 16.8. The molecular weight excluding hydrogens is 859 g/mol. The van der Waals surface area contributed by atoms with E-state index >= 15 is 0 Å². The molecule has 1 aliphatic rings. The van der Waals surface area contributed by atoms with Gasteiger partial charge in [0.2, 0.25) is 17.3 Å². The van der Waals surface area contributed by atoms with Gasteiger partial charge in [0.15, 0.2) is 0 Å². The fraction of sp³-hybridized carbons (Fsp3) is 0. The molecule has 0 unspecified atom stereocenters. The largest absolute Gasteiger partial charge is 0.347 e. The lowest BCUT2D eigenvalue weighted by atomic mass is 10.1. The van der Waals surface area contributed by atoms with Gasteiger partial charge in [-0.25, -0.2) is 0 Å². The molecule has 0 spiro atoms. The summed E-state index contributed by atoms with van der Waals surface area (Å²) in [5, 5.41) is 3.58. The fourth-order valence-corrected chi connectivity index (χ4v) is 8.97. The summed E-state index contributed by atoms with van der Waals surface area (Å²) in [5.74, 6) is 2.21. The molecule has 0 atom stereocenters. The fourth-order valence-electron chi connectivity index (χ4n) is 8.97. The van der Waals surface area contributed by atoms with Crippen LogP contribution in [0.1, 0.15) is 5.56 Å². The second kappa shape index (κ2) is 18.5. The molecule has 1 N–H and O–H groups in total. The van der Waals surface area contributed by atoms with E-state index < -0.39 is 0 Å². The lowest BCUT2D eigenvalue weighted by molar-refractivity contribution is -0.491. The molecule has 332 valence electrons. The van der Waals surface area contributed by atoms with Crippen molar-refractivity contribution >= 4 is 74.6 Å². The first-order valence-electron chi connectivity index (χ1n) is 23.2. The molecule has 3 heterocycles. The molecule has 12 rings (SSSR count). The van der Waals surface area contributed by atoms with Crippen LogP contribution < -0.4 is 24.4 Å². The van der Waals surface area contributed by atoms with Crippen LogP contribution in [0.5, 0.6) is 0 Å². The summed E-state index contributed by atoms with van der Waals surface area (Å²) in [5.41, 5.74) is 13.5. The molecule has 0 aliphatic carbocycles. The highest BCUT2D eigenvalue weighted by Crippen LogP contribution is 2.38. The van der Waals surface area contributed by atoms with Crippen molar-refractivity contribution in [2.45, 2.75) is 0 Å². The number of amidine groups is 1. The quantitative estimate of drug-likeness (QED) is 0.122. The highest BCUT2D eigenvalue weighted by atomic mass is 15.3. The highest BCUT2D eigenvalue weighted by molar-refractivity contribution is 6.09. The molecule has 0 saturated heterocycles. The third-order valence-electron chi connectivity index (χ3n) is 12.3. The Morgan fingerprint density at radius 2 is 0.643 bits per heavy atom. The molecule has 0 bridgehead atoms. The Balaban J connectivity index is 0.947. The van der Waals surface area contributed by atoms with Crippen molar-refractivity contribution in [2.24, 2.45) is 4.99 Å². The minimum atomic E-state index is 0.470. The zero-order chi connectivity index (χ0) is 46.6. The second-order valence-electron chi connectivity index (χ2n) is 16.8. The molecule has 9 heteroatoms. The molecule has 11 aromatic rings. The van der Waals surface area contributed by atoms with Crippen LogP contribution in [0.2, 0.25) is 0 Å². The van der Waals surface area contributed by atoms with Gasteiger partial charge in [0.1, 0.15) is 5.69 Å². The van der Waals surface area contributed by atoms with Gasteiger partial charge in [-0.1, -0.05) is 109 Å². The Hall–Kier alpha value is -9.73. The number of hydrogen-bond acceptors (Lipinski definition) is 8. The number of para-hydroxylation sites is 6. The van der Waals surface area contributed by atoms with E-state index in [-0.39, 0.29) is 0 Å². The van der Waals surface area contributed by atoms with E-state index in [0.29, 0.717) is 29.2 Å². The van der Waals surface area contributed by atoms with Gasteiger partial charge in [0.05, 0.1) is 0 Å². The number of hydrogen-bond donors (Lipinski definition) is 1. The van der Waals surface area contributed by atoms with Crippen molar-refractivity contribution in [1.82, 2.24) is 15.0 Å².